The molecule has 0 unspecified atom stereocenters. The molecule has 0 saturated heterocycles. The van der Waals surface area contributed by atoms with E-state index in [1.807, 2.05) is 12.1 Å². The Morgan fingerprint density at radius 2 is 2.07 bits per heavy atom. The topological polar surface area (TPSA) is 63.8 Å². The lowest BCUT2D eigenvalue weighted by molar-refractivity contribution is 0.969. The van der Waals surface area contributed by atoms with Crippen LogP contribution in [-0.4, -0.2) is 15.9 Å². The van der Waals surface area contributed by atoms with Crippen molar-refractivity contribution in [1.82, 2.24) is 9.36 Å². The van der Waals surface area contributed by atoms with Crippen LogP contribution in [-0.2, 0) is 6.42 Å². The van der Waals surface area contributed by atoms with Gasteiger partial charge in [-0.15, -0.1) is 0 Å². The molecular formula is C10H12N4S. The molecule has 0 aliphatic carbocycles. The minimum atomic E-state index is 0.684. The number of benzene rings is 1. The summed E-state index contributed by atoms with van der Waals surface area (Å²) >= 11 is 1.34. The Morgan fingerprint density at radius 1 is 1.27 bits per heavy atom. The number of anilines is 2. The summed E-state index contributed by atoms with van der Waals surface area (Å²) < 4.78 is 3.92. The van der Waals surface area contributed by atoms with Gasteiger partial charge in [-0.2, -0.15) is 4.37 Å². The molecule has 0 spiro atoms. The predicted molar refractivity (Wildman–Crippen MR) is 62.4 cm³/mol. The zero-order chi connectivity index (χ0) is 10.5. The molecule has 4 nitrogen and oxygen atoms in total. The molecule has 0 fully saturated rings. The highest BCUT2D eigenvalue weighted by molar-refractivity contribution is 7.09. The van der Waals surface area contributed by atoms with Gasteiger partial charge in [0, 0.05) is 17.2 Å². The third kappa shape index (κ3) is 2.74. The lowest BCUT2D eigenvalue weighted by Crippen LogP contribution is -2.02. The Bertz CT molecular complexity index is 396. The number of nitrogens with one attached hydrogen (secondary N) is 1. The average Bonchev–Trinajstić information content (AvgIpc) is 2.74. The van der Waals surface area contributed by atoms with Gasteiger partial charge in [0.15, 0.2) is 0 Å². The maximum absolute atomic E-state index is 5.48. The van der Waals surface area contributed by atoms with E-state index in [0.717, 1.165) is 17.2 Å². The fourth-order valence-electron chi connectivity index (χ4n) is 1.27. The number of rotatable bonds is 4. The molecule has 0 saturated carbocycles. The summed E-state index contributed by atoms with van der Waals surface area (Å²) in [4.78, 5) is 4.05. The van der Waals surface area contributed by atoms with Crippen molar-refractivity contribution in [3.05, 3.63) is 36.2 Å². The van der Waals surface area contributed by atoms with Gasteiger partial charge >= 0.3 is 0 Å². The van der Waals surface area contributed by atoms with Crippen molar-refractivity contribution >= 4 is 22.4 Å². The van der Waals surface area contributed by atoms with E-state index in [0.29, 0.717) is 6.54 Å². The molecule has 0 aliphatic rings. The second-order valence-corrected chi connectivity index (χ2v) is 3.89. The maximum atomic E-state index is 5.48. The first-order valence-electron chi connectivity index (χ1n) is 4.71. The SMILES string of the molecule is NCCc1ccc(Nc2ncns2)cc1. The lowest BCUT2D eigenvalue weighted by atomic mass is 10.1. The third-order valence-electron chi connectivity index (χ3n) is 2.00. The Kier molecular flexibility index (Phi) is 3.26. The molecule has 0 bridgehead atoms. The molecule has 1 aromatic carbocycles. The number of hydrogen-bond donors (Lipinski definition) is 2. The van der Waals surface area contributed by atoms with E-state index in [-0.39, 0.29) is 0 Å². The van der Waals surface area contributed by atoms with E-state index < -0.39 is 0 Å². The van der Waals surface area contributed by atoms with Crippen molar-refractivity contribution in [1.29, 1.82) is 0 Å². The van der Waals surface area contributed by atoms with Gasteiger partial charge in [0.2, 0.25) is 5.13 Å². The predicted octanol–water partition coefficient (Wildman–Crippen LogP) is 1.78. The number of nitrogens with zero attached hydrogens (tertiary/aromatic N) is 2. The Hall–Kier alpha value is -1.46. The quantitative estimate of drug-likeness (QED) is 0.824. The van der Waals surface area contributed by atoms with Gasteiger partial charge in [0.25, 0.3) is 0 Å². The van der Waals surface area contributed by atoms with Gasteiger partial charge in [-0.05, 0) is 30.7 Å². The van der Waals surface area contributed by atoms with Gasteiger partial charge < -0.3 is 11.1 Å². The number of hydrogen-bond acceptors (Lipinski definition) is 5. The van der Waals surface area contributed by atoms with Gasteiger partial charge in [-0.25, -0.2) is 4.98 Å². The molecule has 5 heteroatoms. The fourth-order valence-corrected chi connectivity index (χ4v) is 1.72. The van der Waals surface area contributed by atoms with Crippen molar-refractivity contribution in [2.45, 2.75) is 6.42 Å². The van der Waals surface area contributed by atoms with E-state index in [1.54, 1.807) is 0 Å². The molecule has 3 N–H and O–H groups in total. The van der Waals surface area contributed by atoms with Crippen LogP contribution in [0, 0.1) is 0 Å². The van der Waals surface area contributed by atoms with Crippen molar-refractivity contribution in [2.24, 2.45) is 5.73 Å². The first kappa shape index (κ1) is 10.1. The van der Waals surface area contributed by atoms with Crippen molar-refractivity contribution < 1.29 is 0 Å². The van der Waals surface area contributed by atoms with Crippen LogP contribution in [0.25, 0.3) is 0 Å². The maximum Gasteiger partial charge on any atom is 0.206 e. The van der Waals surface area contributed by atoms with Crippen LogP contribution in [0.5, 0.6) is 0 Å². The summed E-state index contributed by atoms with van der Waals surface area (Å²) in [6.07, 6.45) is 2.45. The van der Waals surface area contributed by atoms with Gasteiger partial charge in [0.05, 0.1) is 0 Å². The summed E-state index contributed by atoms with van der Waals surface area (Å²) in [5.41, 5.74) is 7.75. The van der Waals surface area contributed by atoms with E-state index in [1.165, 1.54) is 23.4 Å². The van der Waals surface area contributed by atoms with Gasteiger partial charge in [-0.3, -0.25) is 0 Å². The van der Waals surface area contributed by atoms with E-state index >= 15 is 0 Å². The standard InChI is InChI=1S/C10H12N4S/c11-6-5-8-1-3-9(4-2-8)14-10-12-7-13-15-10/h1-4,7H,5-6,11H2,(H,12,13,14). The highest BCUT2D eigenvalue weighted by Crippen LogP contribution is 2.17. The second-order valence-electron chi connectivity index (χ2n) is 3.11. The molecule has 78 valence electrons. The second kappa shape index (κ2) is 4.86. The van der Waals surface area contributed by atoms with E-state index in [4.69, 9.17) is 5.73 Å². The molecule has 0 atom stereocenters. The smallest absolute Gasteiger partial charge is 0.206 e. The lowest BCUT2D eigenvalue weighted by Gasteiger charge is -2.03. The monoisotopic (exact) mass is 220 g/mol. The minimum Gasteiger partial charge on any atom is -0.330 e. The largest absolute Gasteiger partial charge is 0.330 e. The highest BCUT2D eigenvalue weighted by Gasteiger charge is 1.97. The molecule has 2 rings (SSSR count). The van der Waals surface area contributed by atoms with Crippen LogP contribution in [0.3, 0.4) is 0 Å². The van der Waals surface area contributed by atoms with Crippen molar-refractivity contribution in [2.75, 3.05) is 11.9 Å². The van der Waals surface area contributed by atoms with Crippen LogP contribution < -0.4 is 11.1 Å². The van der Waals surface area contributed by atoms with Crippen LogP contribution >= 0.6 is 11.5 Å². The van der Waals surface area contributed by atoms with E-state index in [9.17, 15) is 0 Å². The summed E-state index contributed by atoms with van der Waals surface area (Å²) in [7, 11) is 0. The summed E-state index contributed by atoms with van der Waals surface area (Å²) in [6.45, 7) is 0.684. The zero-order valence-corrected chi connectivity index (χ0v) is 9.00. The molecule has 1 heterocycles. The fraction of sp³-hybridized carbons (Fsp3) is 0.200. The third-order valence-corrected chi connectivity index (χ3v) is 2.58. The Morgan fingerprint density at radius 3 is 2.67 bits per heavy atom. The molecular weight excluding hydrogens is 208 g/mol. The van der Waals surface area contributed by atoms with Crippen LogP contribution in [0.2, 0.25) is 0 Å². The highest BCUT2D eigenvalue weighted by atomic mass is 32.1. The summed E-state index contributed by atoms with van der Waals surface area (Å²) in [6, 6.07) is 8.17. The number of nitrogens with two attached hydrogens (primary N) is 1. The normalized spacial score (nSPS) is 10.2. The van der Waals surface area contributed by atoms with Crippen LogP contribution in [0.4, 0.5) is 10.8 Å². The Balaban J connectivity index is 2.04. The van der Waals surface area contributed by atoms with Gasteiger partial charge in [0.1, 0.15) is 6.33 Å². The molecule has 2 aromatic rings. The summed E-state index contributed by atoms with van der Waals surface area (Å²) in [5.74, 6) is 0. The molecule has 0 amide bonds. The average molecular weight is 220 g/mol. The first-order chi connectivity index (χ1) is 7.38. The van der Waals surface area contributed by atoms with E-state index in [2.05, 4.69) is 26.8 Å². The summed E-state index contributed by atoms with van der Waals surface area (Å²) in [5, 5.41) is 3.97. The molecule has 0 radical (unpaired) electrons. The van der Waals surface area contributed by atoms with Gasteiger partial charge in [-0.1, -0.05) is 12.1 Å². The van der Waals surface area contributed by atoms with Crippen LogP contribution in [0.1, 0.15) is 5.56 Å². The van der Waals surface area contributed by atoms with Crippen molar-refractivity contribution in [3.8, 4) is 0 Å². The van der Waals surface area contributed by atoms with Crippen molar-refractivity contribution in [3.63, 3.8) is 0 Å². The molecule has 15 heavy (non-hydrogen) atoms. The minimum absolute atomic E-state index is 0.684. The molecule has 1 aromatic heterocycles. The molecule has 0 aliphatic heterocycles. The zero-order valence-electron chi connectivity index (χ0n) is 8.18. The number of aromatic nitrogens is 2. The first-order valence-corrected chi connectivity index (χ1v) is 5.48. The van der Waals surface area contributed by atoms with Crippen LogP contribution in [0.15, 0.2) is 30.6 Å². The Labute approximate surface area is 92.3 Å².